The van der Waals surface area contributed by atoms with E-state index in [1.807, 2.05) is 7.11 Å². The molecule has 2 heterocycles. The van der Waals surface area contributed by atoms with Gasteiger partial charge >= 0.3 is 0 Å². The molecular weight excluding hydrogens is 220 g/mol. The van der Waals surface area contributed by atoms with Crippen LogP contribution in [0.5, 0.6) is 0 Å². The van der Waals surface area contributed by atoms with Gasteiger partial charge in [-0.05, 0) is 31.4 Å². The first-order chi connectivity index (χ1) is 7.85. The standard InChI is InChI=1S/C12H24N2OS/c1-15-12-4-5-14(11(7-12)8-13)10-3-2-6-16-9-10/h10-12H,2-9,13H2,1H3. The first-order valence-electron chi connectivity index (χ1n) is 6.41. The second-order valence-electron chi connectivity index (χ2n) is 4.88. The maximum Gasteiger partial charge on any atom is 0.0599 e. The highest BCUT2D eigenvalue weighted by atomic mass is 32.2. The number of ether oxygens (including phenoxy) is 1. The summed E-state index contributed by atoms with van der Waals surface area (Å²) in [6.45, 7) is 1.95. The quantitative estimate of drug-likeness (QED) is 0.812. The number of methoxy groups -OCH3 is 1. The first-order valence-corrected chi connectivity index (χ1v) is 7.57. The minimum Gasteiger partial charge on any atom is -0.381 e. The summed E-state index contributed by atoms with van der Waals surface area (Å²) < 4.78 is 5.47. The Kier molecular flexibility index (Phi) is 4.95. The third-order valence-electron chi connectivity index (χ3n) is 3.92. The molecule has 2 rings (SSSR count). The van der Waals surface area contributed by atoms with Gasteiger partial charge in [-0.3, -0.25) is 4.90 Å². The summed E-state index contributed by atoms with van der Waals surface area (Å²) in [6.07, 6.45) is 5.46. The molecule has 94 valence electrons. The van der Waals surface area contributed by atoms with Gasteiger partial charge in [-0.2, -0.15) is 11.8 Å². The fourth-order valence-electron chi connectivity index (χ4n) is 2.94. The summed E-state index contributed by atoms with van der Waals surface area (Å²) in [5, 5.41) is 0. The molecule has 2 aliphatic rings. The van der Waals surface area contributed by atoms with Crippen molar-refractivity contribution in [2.45, 2.75) is 43.9 Å². The number of rotatable bonds is 3. The molecule has 0 radical (unpaired) electrons. The maximum absolute atomic E-state index is 5.91. The molecule has 0 aliphatic carbocycles. The van der Waals surface area contributed by atoms with Crippen LogP contribution in [0, 0.1) is 0 Å². The van der Waals surface area contributed by atoms with Crippen LogP contribution in [-0.2, 0) is 4.74 Å². The Hall–Kier alpha value is 0.230. The first kappa shape index (κ1) is 12.7. The summed E-state index contributed by atoms with van der Waals surface area (Å²) in [4.78, 5) is 2.65. The monoisotopic (exact) mass is 244 g/mol. The van der Waals surface area contributed by atoms with Crippen LogP contribution in [0.3, 0.4) is 0 Å². The van der Waals surface area contributed by atoms with Crippen LogP contribution in [0.25, 0.3) is 0 Å². The van der Waals surface area contributed by atoms with Gasteiger partial charge in [0.1, 0.15) is 0 Å². The van der Waals surface area contributed by atoms with Crippen molar-refractivity contribution in [3.05, 3.63) is 0 Å². The molecule has 0 aromatic rings. The SMILES string of the molecule is COC1CCN(C2CCCSC2)C(CN)C1. The van der Waals surface area contributed by atoms with E-state index in [9.17, 15) is 0 Å². The molecule has 0 aromatic carbocycles. The maximum atomic E-state index is 5.91. The van der Waals surface area contributed by atoms with Gasteiger partial charge in [0.25, 0.3) is 0 Å². The van der Waals surface area contributed by atoms with Crippen LogP contribution in [0.4, 0.5) is 0 Å². The average molecular weight is 244 g/mol. The molecule has 2 N–H and O–H groups in total. The average Bonchev–Trinajstić information content (AvgIpc) is 2.39. The lowest BCUT2D eigenvalue weighted by molar-refractivity contribution is -0.00212. The van der Waals surface area contributed by atoms with E-state index in [2.05, 4.69) is 16.7 Å². The molecular formula is C12H24N2OS. The van der Waals surface area contributed by atoms with Crippen LogP contribution in [-0.4, -0.2) is 54.8 Å². The second kappa shape index (κ2) is 6.24. The van der Waals surface area contributed by atoms with Crippen molar-refractivity contribution < 1.29 is 4.74 Å². The predicted octanol–water partition coefficient (Wildman–Crippen LogP) is 1.32. The lowest BCUT2D eigenvalue weighted by atomic mass is 9.96. The van der Waals surface area contributed by atoms with Crippen molar-refractivity contribution in [1.29, 1.82) is 0 Å². The van der Waals surface area contributed by atoms with Gasteiger partial charge in [-0.25, -0.2) is 0 Å². The Morgan fingerprint density at radius 1 is 1.44 bits per heavy atom. The molecule has 2 aliphatic heterocycles. The van der Waals surface area contributed by atoms with E-state index in [1.165, 1.54) is 37.3 Å². The van der Waals surface area contributed by atoms with Gasteiger partial charge in [-0.1, -0.05) is 0 Å². The number of thioether (sulfide) groups is 1. The summed E-state index contributed by atoms with van der Waals surface area (Å²) in [5.41, 5.74) is 5.91. The minimum absolute atomic E-state index is 0.432. The van der Waals surface area contributed by atoms with Gasteiger partial charge in [-0.15, -0.1) is 0 Å². The zero-order valence-corrected chi connectivity index (χ0v) is 11.0. The number of hydrogen-bond donors (Lipinski definition) is 1. The zero-order chi connectivity index (χ0) is 11.4. The van der Waals surface area contributed by atoms with E-state index < -0.39 is 0 Å². The number of piperidine rings is 1. The Bertz CT molecular complexity index is 209. The Balaban J connectivity index is 1.92. The highest BCUT2D eigenvalue weighted by molar-refractivity contribution is 7.99. The summed E-state index contributed by atoms with van der Waals surface area (Å²) >= 11 is 2.10. The number of nitrogens with two attached hydrogens (primary N) is 1. The van der Waals surface area contributed by atoms with Gasteiger partial charge < -0.3 is 10.5 Å². The largest absolute Gasteiger partial charge is 0.381 e. The number of likely N-dealkylation sites (tertiary alicyclic amines) is 1. The lowest BCUT2D eigenvalue weighted by Gasteiger charge is -2.44. The highest BCUT2D eigenvalue weighted by Gasteiger charge is 2.32. The third-order valence-corrected chi connectivity index (χ3v) is 5.12. The topological polar surface area (TPSA) is 38.5 Å². The molecule has 0 spiro atoms. The fraction of sp³-hybridized carbons (Fsp3) is 1.00. The van der Waals surface area contributed by atoms with Crippen molar-refractivity contribution in [1.82, 2.24) is 4.90 Å². The van der Waals surface area contributed by atoms with Gasteiger partial charge in [0.15, 0.2) is 0 Å². The van der Waals surface area contributed by atoms with Crippen LogP contribution >= 0.6 is 11.8 Å². The van der Waals surface area contributed by atoms with Crippen LogP contribution < -0.4 is 5.73 Å². The predicted molar refractivity (Wildman–Crippen MR) is 69.9 cm³/mol. The van der Waals surface area contributed by atoms with E-state index in [0.717, 1.165) is 19.0 Å². The van der Waals surface area contributed by atoms with Crippen LogP contribution in [0.2, 0.25) is 0 Å². The number of nitrogens with zero attached hydrogens (tertiary/aromatic N) is 1. The summed E-state index contributed by atoms with van der Waals surface area (Å²) in [7, 11) is 1.82. The van der Waals surface area contributed by atoms with Gasteiger partial charge in [0, 0.05) is 38.0 Å². The third kappa shape index (κ3) is 2.92. The Morgan fingerprint density at radius 3 is 2.94 bits per heavy atom. The van der Waals surface area contributed by atoms with Crippen molar-refractivity contribution in [2.24, 2.45) is 5.73 Å². The minimum atomic E-state index is 0.432. The summed E-state index contributed by atoms with van der Waals surface area (Å²) in [5.74, 6) is 2.65. The lowest BCUT2D eigenvalue weighted by Crippen LogP contribution is -2.54. The number of hydrogen-bond acceptors (Lipinski definition) is 4. The summed E-state index contributed by atoms with van der Waals surface area (Å²) in [6, 6.07) is 1.31. The van der Waals surface area contributed by atoms with E-state index in [1.54, 1.807) is 0 Å². The fourth-order valence-corrected chi connectivity index (χ4v) is 4.11. The molecule has 0 saturated carbocycles. The molecule has 0 bridgehead atoms. The van der Waals surface area contributed by atoms with Crippen molar-refractivity contribution in [3.63, 3.8) is 0 Å². The van der Waals surface area contributed by atoms with E-state index in [4.69, 9.17) is 10.5 Å². The Morgan fingerprint density at radius 2 is 2.31 bits per heavy atom. The molecule has 3 unspecified atom stereocenters. The smallest absolute Gasteiger partial charge is 0.0599 e. The molecule has 0 aromatic heterocycles. The van der Waals surface area contributed by atoms with Crippen LogP contribution in [0.1, 0.15) is 25.7 Å². The molecule has 2 saturated heterocycles. The molecule has 16 heavy (non-hydrogen) atoms. The molecule has 2 fully saturated rings. The normalized spacial score (nSPS) is 37.5. The van der Waals surface area contributed by atoms with Crippen molar-refractivity contribution >= 4 is 11.8 Å². The van der Waals surface area contributed by atoms with Crippen molar-refractivity contribution in [3.8, 4) is 0 Å². The van der Waals surface area contributed by atoms with Gasteiger partial charge in [0.2, 0.25) is 0 Å². The van der Waals surface area contributed by atoms with E-state index in [0.29, 0.717) is 12.1 Å². The molecule has 4 heteroatoms. The molecule has 3 nitrogen and oxygen atoms in total. The zero-order valence-electron chi connectivity index (χ0n) is 10.2. The molecule has 0 amide bonds. The van der Waals surface area contributed by atoms with E-state index >= 15 is 0 Å². The second-order valence-corrected chi connectivity index (χ2v) is 6.03. The Labute approximate surface area is 103 Å². The molecule has 3 atom stereocenters. The van der Waals surface area contributed by atoms with Crippen LogP contribution in [0.15, 0.2) is 0 Å². The van der Waals surface area contributed by atoms with E-state index in [-0.39, 0.29) is 0 Å². The highest BCUT2D eigenvalue weighted by Crippen LogP contribution is 2.28. The van der Waals surface area contributed by atoms with Crippen molar-refractivity contribution in [2.75, 3.05) is 31.7 Å². The van der Waals surface area contributed by atoms with Gasteiger partial charge in [0.05, 0.1) is 6.10 Å².